The first-order chi connectivity index (χ1) is 7.65. The summed E-state index contributed by atoms with van der Waals surface area (Å²) in [6.07, 6.45) is 0.680. The van der Waals surface area contributed by atoms with Crippen molar-refractivity contribution in [2.75, 3.05) is 26.7 Å². The van der Waals surface area contributed by atoms with E-state index >= 15 is 0 Å². The molecule has 0 aliphatic carbocycles. The monoisotopic (exact) mass is 223 g/mol. The van der Waals surface area contributed by atoms with Gasteiger partial charge in [-0.15, -0.1) is 0 Å². The van der Waals surface area contributed by atoms with Gasteiger partial charge in [-0.2, -0.15) is 0 Å². The van der Waals surface area contributed by atoms with Crippen molar-refractivity contribution in [2.24, 2.45) is 0 Å². The van der Waals surface area contributed by atoms with Gasteiger partial charge in [0.15, 0.2) is 0 Å². The van der Waals surface area contributed by atoms with E-state index in [4.69, 9.17) is 10.2 Å². The average molecular weight is 223 g/mol. The van der Waals surface area contributed by atoms with Gasteiger partial charge in [-0.3, -0.25) is 0 Å². The van der Waals surface area contributed by atoms with Crippen LogP contribution in [0.1, 0.15) is 15.9 Å². The van der Waals surface area contributed by atoms with E-state index in [0.717, 1.165) is 12.1 Å². The largest absolute Gasteiger partial charge is 0.478 e. The lowest BCUT2D eigenvalue weighted by molar-refractivity contribution is 0.0695. The van der Waals surface area contributed by atoms with Gasteiger partial charge in [0, 0.05) is 13.1 Å². The summed E-state index contributed by atoms with van der Waals surface area (Å²) in [7, 11) is 1.90. The quantitative estimate of drug-likeness (QED) is 0.750. The first-order valence-corrected chi connectivity index (χ1v) is 5.25. The van der Waals surface area contributed by atoms with E-state index in [0.29, 0.717) is 18.5 Å². The molecular formula is C12H17NO3. The standard InChI is InChI=1S/C12H17NO3/c1-13(8-9-14)7-6-10-4-2-3-5-11(10)12(15)16/h2-5,14H,6-9H2,1H3,(H,15,16). The van der Waals surface area contributed by atoms with Gasteiger partial charge in [-0.25, -0.2) is 4.79 Å². The summed E-state index contributed by atoms with van der Waals surface area (Å²) in [5, 5.41) is 17.7. The summed E-state index contributed by atoms with van der Waals surface area (Å²) < 4.78 is 0. The second kappa shape index (κ2) is 6.25. The minimum Gasteiger partial charge on any atom is -0.478 e. The van der Waals surface area contributed by atoms with Crippen LogP contribution in [0.3, 0.4) is 0 Å². The molecule has 0 bridgehead atoms. The number of aliphatic hydroxyl groups excluding tert-OH is 1. The van der Waals surface area contributed by atoms with Crippen LogP contribution in [0.2, 0.25) is 0 Å². The third-order valence-corrected chi connectivity index (χ3v) is 2.49. The lowest BCUT2D eigenvalue weighted by Crippen LogP contribution is -2.25. The molecular weight excluding hydrogens is 206 g/mol. The number of benzene rings is 1. The number of carbonyl (C=O) groups is 1. The normalized spacial score (nSPS) is 10.7. The van der Waals surface area contributed by atoms with Crippen LogP contribution in [-0.2, 0) is 6.42 Å². The summed E-state index contributed by atoms with van der Waals surface area (Å²) >= 11 is 0. The predicted molar refractivity (Wildman–Crippen MR) is 61.7 cm³/mol. The number of rotatable bonds is 6. The van der Waals surface area contributed by atoms with Crippen molar-refractivity contribution in [1.82, 2.24) is 4.90 Å². The van der Waals surface area contributed by atoms with E-state index in [-0.39, 0.29) is 6.61 Å². The summed E-state index contributed by atoms with van der Waals surface area (Å²) in [6, 6.07) is 7.01. The van der Waals surface area contributed by atoms with E-state index < -0.39 is 5.97 Å². The van der Waals surface area contributed by atoms with E-state index in [1.165, 1.54) is 0 Å². The van der Waals surface area contributed by atoms with Crippen molar-refractivity contribution >= 4 is 5.97 Å². The molecule has 0 atom stereocenters. The first kappa shape index (κ1) is 12.7. The van der Waals surface area contributed by atoms with Crippen LogP contribution in [0.4, 0.5) is 0 Å². The van der Waals surface area contributed by atoms with Crippen LogP contribution in [0.5, 0.6) is 0 Å². The SMILES string of the molecule is CN(CCO)CCc1ccccc1C(=O)O. The lowest BCUT2D eigenvalue weighted by atomic mass is 10.0. The van der Waals surface area contributed by atoms with E-state index in [2.05, 4.69) is 0 Å². The van der Waals surface area contributed by atoms with Crippen LogP contribution in [0, 0.1) is 0 Å². The minimum absolute atomic E-state index is 0.122. The average Bonchev–Trinajstić information content (AvgIpc) is 2.27. The van der Waals surface area contributed by atoms with Crippen LogP contribution in [0.25, 0.3) is 0 Å². The maximum Gasteiger partial charge on any atom is 0.335 e. The summed E-state index contributed by atoms with van der Waals surface area (Å²) in [5.74, 6) is -0.889. The van der Waals surface area contributed by atoms with E-state index in [1.54, 1.807) is 12.1 Å². The fraction of sp³-hybridized carbons (Fsp3) is 0.417. The Kier molecular flexibility index (Phi) is 4.95. The highest BCUT2D eigenvalue weighted by Gasteiger charge is 2.09. The highest BCUT2D eigenvalue weighted by atomic mass is 16.4. The van der Waals surface area contributed by atoms with Gasteiger partial charge in [0.2, 0.25) is 0 Å². The van der Waals surface area contributed by atoms with Crippen molar-refractivity contribution in [1.29, 1.82) is 0 Å². The van der Waals surface area contributed by atoms with Crippen molar-refractivity contribution in [2.45, 2.75) is 6.42 Å². The van der Waals surface area contributed by atoms with E-state index in [9.17, 15) is 4.79 Å². The third-order valence-electron chi connectivity index (χ3n) is 2.49. The second-order valence-electron chi connectivity index (χ2n) is 3.74. The van der Waals surface area contributed by atoms with Crippen LogP contribution < -0.4 is 0 Å². The molecule has 0 unspecified atom stereocenters. The fourth-order valence-corrected chi connectivity index (χ4v) is 1.54. The molecule has 88 valence electrons. The molecule has 0 saturated heterocycles. The van der Waals surface area contributed by atoms with Crippen LogP contribution in [-0.4, -0.2) is 47.8 Å². The van der Waals surface area contributed by atoms with Gasteiger partial charge >= 0.3 is 5.97 Å². The highest BCUT2D eigenvalue weighted by Crippen LogP contribution is 2.09. The fourth-order valence-electron chi connectivity index (χ4n) is 1.54. The molecule has 1 aromatic carbocycles. The smallest absolute Gasteiger partial charge is 0.335 e. The molecule has 0 aliphatic heterocycles. The number of likely N-dealkylation sites (N-methyl/N-ethyl adjacent to an activating group) is 1. The molecule has 1 rings (SSSR count). The molecule has 0 aliphatic rings. The molecule has 4 nitrogen and oxygen atoms in total. The first-order valence-electron chi connectivity index (χ1n) is 5.25. The molecule has 2 N–H and O–H groups in total. The Morgan fingerprint density at radius 1 is 1.31 bits per heavy atom. The molecule has 16 heavy (non-hydrogen) atoms. The number of carboxylic acids is 1. The van der Waals surface area contributed by atoms with Gasteiger partial charge in [-0.05, 0) is 25.1 Å². The van der Waals surface area contributed by atoms with Gasteiger partial charge in [0.25, 0.3) is 0 Å². The zero-order valence-electron chi connectivity index (χ0n) is 9.39. The van der Waals surface area contributed by atoms with Gasteiger partial charge in [0.05, 0.1) is 12.2 Å². The number of nitrogens with zero attached hydrogens (tertiary/aromatic N) is 1. The Bertz CT molecular complexity index is 352. The number of carboxylic acid groups (broad SMARTS) is 1. The molecule has 0 spiro atoms. The summed E-state index contributed by atoms with van der Waals surface area (Å²) in [5.41, 5.74) is 1.19. The zero-order chi connectivity index (χ0) is 12.0. The molecule has 0 aromatic heterocycles. The summed E-state index contributed by atoms with van der Waals surface area (Å²) in [6.45, 7) is 1.47. The van der Waals surface area contributed by atoms with Crippen LogP contribution in [0.15, 0.2) is 24.3 Å². The lowest BCUT2D eigenvalue weighted by Gasteiger charge is -2.15. The third kappa shape index (κ3) is 3.64. The maximum atomic E-state index is 10.9. The summed E-state index contributed by atoms with van der Waals surface area (Å²) in [4.78, 5) is 12.9. The molecule has 1 aromatic rings. The Labute approximate surface area is 95.1 Å². The Morgan fingerprint density at radius 2 is 2.00 bits per heavy atom. The molecule has 0 heterocycles. The van der Waals surface area contributed by atoms with E-state index in [1.807, 2.05) is 24.1 Å². The van der Waals surface area contributed by atoms with Crippen molar-refractivity contribution in [3.8, 4) is 0 Å². The predicted octanol–water partition coefficient (Wildman–Crippen LogP) is 0.851. The van der Waals surface area contributed by atoms with Gasteiger partial charge in [-0.1, -0.05) is 18.2 Å². The van der Waals surface area contributed by atoms with Crippen molar-refractivity contribution < 1.29 is 15.0 Å². The maximum absolute atomic E-state index is 10.9. The minimum atomic E-state index is -0.889. The molecule has 0 saturated carbocycles. The number of hydrogen-bond donors (Lipinski definition) is 2. The Hall–Kier alpha value is -1.39. The van der Waals surface area contributed by atoms with Crippen molar-refractivity contribution in [3.05, 3.63) is 35.4 Å². The topological polar surface area (TPSA) is 60.8 Å². The molecule has 0 amide bonds. The molecule has 0 fully saturated rings. The number of aliphatic hydroxyl groups is 1. The van der Waals surface area contributed by atoms with Crippen LogP contribution >= 0.6 is 0 Å². The molecule has 0 radical (unpaired) electrons. The zero-order valence-corrected chi connectivity index (χ0v) is 9.39. The Morgan fingerprint density at radius 3 is 2.62 bits per heavy atom. The second-order valence-corrected chi connectivity index (χ2v) is 3.74. The highest BCUT2D eigenvalue weighted by molar-refractivity contribution is 5.89. The van der Waals surface area contributed by atoms with Crippen molar-refractivity contribution in [3.63, 3.8) is 0 Å². The number of hydrogen-bond acceptors (Lipinski definition) is 3. The number of aromatic carboxylic acids is 1. The molecule has 4 heteroatoms. The Balaban J connectivity index is 2.63. The van der Waals surface area contributed by atoms with Gasteiger partial charge < -0.3 is 15.1 Å². The van der Waals surface area contributed by atoms with Gasteiger partial charge in [0.1, 0.15) is 0 Å².